The number of carbonyl (C=O) groups is 1. The normalized spacial score (nSPS) is 13.5. The maximum Gasteiger partial charge on any atom is 0.263 e. The SMILES string of the molecule is O=C(CSc1nc2sc3c(c2c(=O)n1Cc1ccco1)CCCC3)c1cccc(Br)c1. The Balaban J connectivity index is 1.54. The Labute approximate surface area is 195 Å². The molecule has 5 rings (SSSR count). The quantitative estimate of drug-likeness (QED) is 0.187. The number of hydrogen-bond acceptors (Lipinski definition) is 6. The molecule has 0 unspecified atom stereocenters. The molecule has 0 N–H and O–H groups in total. The van der Waals surface area contributed by atoms with E-state index in [1.807, 2.05) is 30.3 Å². The van der Waals surface area contributed by atoms with E-state index in [0.717, 1.165) is 40.4 Å². The van der Waals surface area contributed by atoms with Crippen molar-refractivity contribution in [1.29, 1.82) is 0 Å². The standard InChI is InChI=1S/C23H19BrN2O3S2/c24-15-6-3-5-14(11-15)18(27)13-30-23-25-21-20(17-8-1-2-9-19(17)31-21)22(28)26(23)12-16-7-4-10-29-16/h3-7,10-11H,1-2,8-9,12-13H2. The number of halogens is 1. The van der Waals surface area contributed by atoms with Gasteiger partial charge in [-0.3, -0.25) is 14.2 Å². The maximum atomic E-state index is 13.6. The number of nitrogens with zero attached hydrogens (tertiary/aromatic N) is 2. The highest BCUT2D eigenvalue weighted by Crippen LogP contribution is 2.35. The van der Waals surface area contributed by atoms with E-state index >= 15 is 0 Å². The molecule has 158 valence electrons. The number of hydrogen-bond donors (Lipinski definition) is 0. The topological polar surface area (TPSA) is 65.1 Å². The van der Waals surface area contributed by atoms with Crippen LogP contribution in [-0.4, -0.2) is 21.1 Å². The van der Waals surface area contributed by atoms with Crippen LogP contribution in [0.25, 0.3) is 10.2 Å². The summed E-state index contributed by atoms with van der Waals surface area (Å²) >= 11 is 6.34. The number of ketones is 1. The number of furan rings is 1. The highest BCUT2D eigenvalue weighted by atomic mass is 79.9. The molecule has 3 heterocycles. The Hall–Kier alpha value is -2.16. The van der Waals surface area contributed by atoms with Crippen LogP contribution in [0.2, 0.25) is 0 Å². The molecule has 0 bridgehead atoms. The monoisotopic (exact) mass is 514 g/mol. The number of Topliss-reactive ketones (excluding diaryl/α,β-unsaturated/α-hetero) is 1. The summed E-state index contributed by atoms with van der Waals surface area (Å²) in [6.45, 7) is 0.298. The van der Waals surface area contributed by atoms with Crippen LogP contribution in [0.15, 0.2) is 61.5 Å². The Morgan fingerprint density at radius 1 is 1.23 bits per heavy atom. The van der Waals surface area contributed by atoms with Crippen LogP contribution in [0.3, 0.4) is 0 Å². The second-order valence-corrected chi connectivity index (χ2v) is 10.4. The molecular formula is C23H19BrN2O3S2. The predicted octanol–water partition coefficient (Wildman–Crippen LogP) is 5.72. The van der Waals surface area contributed by atoms with Gasteiger partial charge in [-0.1, -0.05) is 39.8 Å². The van der Waals surface area contributed by atoms with Crippen molar-refractivity contribution in [2.24, 2.45) is 0 Å². The Morgan fingerprint density at radius 2 is 2.10 bits per heavy atom. The van der Waals surface area contributed by atoms with Gasteiger partial charge in [0.2, 0.25) is 0 Å². The van der Waals surface area contributed by atoms with Gasteiger partial charge in [-0.15, -0.1) is 11.3 Å². The average Bonchev–Trinajstić information content (AvgIpc) is 3.41. The van der Waals surface area contributed by atoms with Crippen molar-refractivity contribution >= 4 is 55.0 Å². The lowest BCUT2D eigenvalue weighted by Crippen LogP contribution is -2.24. The first-order chi connectivity index (χ1) is 15.1. The van der Waals surface area contributed by atoms with E-state index in [0.29, 0.717) is 23.0 Å². The summed E-state index contributed by atoms with van der Waals surface area (Å²) in [7, 11) is 0. The lowest BCUT2D eigenvalue weighted by Gasteiger charge is -2.12. The summed E-state index contributed by atoms with van der Waals surface area (Å²) in [4.78, 5) is 33.2. The molecule has 0 radical (unpaired) electrons. The molecule has 8 heteroatoms. The summed E-state index contributed by atoms with van der Waals surface area (Å²) < 4.78 is 8.01. The highest BCUT2D eigenvalue weighted by molar-refractivity contribution is 9.10. The van der Waals surface area contributed by atoms with Gasteiger partial charge in [0, 0.05) is 14.9 Å². The fourth-order valence-electron chi connectivity index (χ4n) is 3.90. The minimum Gasteiger partial charge on any atom is -0.467 e. The Kier molecular flexibility index (Phi) is 5.86. The minimum absolute atomic E-state index is 0.00401. The van der Waals surface area contributed by atoms with Gasteiger partial charge in [0.25, 0.3) is 5.56 Å². The van der Waals surface area contributed by atoms with Crippen molar-refractivity contribution < 1.29 is 9.21 Å². The zero-order valence-electron chi connectivity index (χ0n) is 16.6. The molecule has 0 spiro atoms. The fourth-order valence-corrected chi connectivity index (χ4v) is 6.50. The third kappa shape index (κ3) is 4.16. The molecule has 0 amide bonds. The van der Waals surface area contributed by atoms with Crippen molar-refractivity contribution in [3.63, 3.8) is 0 Å². The molecule has 0 atom stereocenters. The van der Waals surface area contributed by atoms with Crippen LogP contribution < -0.4 is 5.56 Å². The van der Waals surface area contributed by atoms with Crippen LogP contribution in [0.5, 0.6) is 0 Å². The van der Waals surface area contributed by atoms with Crippen LogP contribution >= 0.6 is 39.0 Å². The van der Waals surface area contributed by atoms with E-state index in [-0.39, 0.29) is 17.1 Å². The summed E-state index contributed by atoms with van der Waals surface area (Å²) in [5.74, 6) is 0.889. The lowest BCUT2D eigenvalue weighted by atomic mass is 9.97. The predicted molar refractivity (Wildman–Crippen MR) is 128 cm³/mol. The van der Waals surface area contributed by atoms with E-state index in [2.05, 4.69) is 15.9 Å². The summed E-state index contributed by atoms with van der Waals surface area (Å²) in [5.41, 5.74) is 1.76. The molecule has 31 heavy (non-hydrogen) atoms. The number of thiophene rings is 1. The van der Waals surface area contributed by atoms with Gasteiger partial charge in [0.15, 0.2) is 10.9 Å². The molecule has 0 aliphatic heterocycles. The third-order valence-corrected chi connectivity index (χ3v) is 8.07. The number of rotatable bonds is 6. The second kappa shape index (κ2) is 8.76. The molecule has 1 aromatic carbocycles. The van der Waals surface area contributed by atoms with Crippen molar-refractivity contribution in [3.05, 3.63) is 79.3 Å². The van der Waals surface area contributed by atoms with E-state index in [4.69, 9.17) is 9.40 Å². The van der Waals surface area contributed by atoms with Crippen LogP contribution in [0, 0.1) is 0 Å². The van der Waals surface area contributed by atoms with E-state index in [1.54, 1.807) is 28.2 Å². The molecule has 0 saturated heterocycles. The molecular weight excluding hydrogens is 496 g/mol. The van der Waals surface area contributed by atoms with E-state index in [1.165, 1.54) is 22.2 Å². The Morgan fingerprint density at radius 3 is 2.90 bits per heavy atom. The van der Waals surface area contributed by atoms with E-state index in [9.17, 15) is 9.59 Å². The zero-order chi connectivity index (χ0) is 21.4. The number of carbonyl (C=O) groups excluding carboxylic acids is 1. The smallest absolute Gasteiger partial charge is 0.263 e. The van der Waals surface area contributed by atoms with Gasteiger partial charge >= 0.3 is 0 Å². The molecule has 1 aliphatic carbocycles. The number of aromatic nitrogens is 2. The Bertz CT molecular complexity index is 1320. The molecule has 5 nitrogen and oxygen atoms in total. The second-order valence-electron chi connectivity index (χ2n) is 7.48. The van der Waals surface area contributed by atoms with Gasteiger partial charge in [0.05, 0.1) is 23.9 Å². The van der Waals surface area contributed by atoms with Gasteiger partial charge in [0.1, 0.15) is 10.6 Å². The maximum absolute atomic E-state index is 13.6. The summed E-state index contributed by atoms with van der Waals surface area (Å²) in [6.07, 6.45) is 5.80. The summed E-state index contributed by atoms with van der Waals surface area (Å²) in [6, 6.07) is 11.0. The molecule has 4 aromatic rings. The number of fused-ring (bicyclic) bond motifs is 3. The fraction of sp³-hybridized carbons (Fsp3) is 0.261. The molecule has 0 saturated carbocycles. The van der Waals surface area contributed by atoms with Crippen molar-refractivity contribution in [2.75, 3.05) is 5.75 Å². The first-order valence-corrected chi connectivity index (χ1v) is 12.7. The largest absolute Gasteiger partial charge is 0.467 e. The van der Waals surface area contributed by atoms with E-state index < -0.39 is 0 Å². The number of benzene rings is 1. The minimum atomic E-state index is -0.0433. The molecule has 0 fully saturated rings. The average molecular weight is 515 g/mol. The lowest BCUT2D eigenvalue weighted by molar-refractivity contribution is 0.102. The van der Waals surface area contributed by atoms with Gasteiger partial charge in [-0.25, -0.2) is 4.98 Å². The molecule has 3 aromatic heterocycles. The first-order valence-electron chi connectivity index (χ1n) is 10.1. The third-order valence-electron chi connectivity index (χ3n) is 5.41. The summed E-state index contributed by atoms with van der Waals surface area (Å²) in [5, 5.41) is 1.30. The van der Waals surface area contributed by atoms with Crippen molar-refractivity contribution in [3.8, 4) is 0 Å². The van der Waals surface area contributed by atoms with Gasteiger partial charge < -0.3 is 4.42 Å². The van der Waals surface area contributed by atoms with Crippen LogP contribution in [-0.2, 0) is 19.4 Å². The highest BCUT2D eigenvalue weighted by Gasteiger charge is 2.23. The number of aryl methyl sites for hydroxylation is 2. The van der Waals surface area contributed by atoms with Gasteiger partial charge in [-0.2, -0.15) is 0 Å². The first kappa shape index (κ1) is 20.7. The van der Waals surface area contributed by atoms with Gasteiger partial charge in [-0.05, 0) is 55.5 Å². The zero-order valence-corrected chi connectivity index (χ0v) is 19.8. The van der Waals surface area contributed by atoms with Crippen molar-refractivity contribution in [1.82, 2.24) is 9.55 Å². The van der Waals surface area contributed by atoms with Crippen LogP contribution in [0.4, 0.5) is 0 Å². The number of thioether (sulfide) groups is 1. The van der Waals surface area contributed by atoms with Crippen LogP contribution in [0.1, 0.15) is 39.4 Å². The molecule has 1 aliphatic rings. The van der Waals surface area contributed by atoms with Crippen molar-refractivity contribution in [2.45, 2.75) is 37.4 Å².